The molecule has 0 bridgehead atoms. The summed E-state index contributed by atoms with van der Waals surface area (Å²) in [6, 6.07) is 1.89. The van der Waals surface area contributed by atoms with Crippen LogP contribution in [0.25, 0.3) is 0 Å². The van der Waals surface area contributed by atoms with Crippen LogP contribution < -0.4 is 10.6 Å². The molecule has 0 fully saturated rings. The lowest BCUT2D eigenvalue weighted by Gasteiger charge is -2.06. The van der Waals surface area contributed by atoms with Gasteiger partial charge in [0.1, 0.15) is 5.82 Å². The van der Waals surface area contributed by atoms with Crippen LogP contribution in [0.3, 0.4) is 0 Å². The summed E-state index contributed by atoms with van der Waals surface area (Å²) in [6.45, 7) is 6.02. The Hall–Kier alpha value is -1.32. The zero-order chi connectivity index (χ0) is 10.2. The Morgan fingerprint density at radius 3 is 2.86 bits per heavy atom. The molecule has 0 saturated heterocycles. The second-order valence-electron chi connectivity index (χ2n) is 3.08. The minimum absolute atomic E-state index is 0.689. The van der Waals surface area contributed by atoms with Crippen LogP contribution in [0.5, 0.6) is 0 Å². The maximum Gasteiger partial charge on any atom is 0.224 e. The van der Waals surface area contributed by atoms with E-state index in [4.69, 9.17) is 0 Å². The number of nitrogens with one attached hydrogen (secondary N) is 2. The van der Waals surface area contributed by atoms with E-state index in [9.17, 15) is 0 Å². The van der Waals surface area contributed by atoms with E-state index in [1.165, 1.54) is 12.8 Å². The summed E-state index contributed by atoms with van der Waals surface area (Å²) < 4.78 is 0. The summed E-state index contributed by atoms with van der Waals surface area (Å²) in [5, 5.41) is 6.33. The molecule has 0 atom stereocenters. The molecule has 4 heteroatoms. The number of rotatable bonds is 6. The normalized spacial score (nSPS) is 9.86. The highest BCUT2D eigenvalue weighted by Gasteiger charge is 1.95. The van der Waals surface area contributed by atoms with Crippen LogP contribution in [0, 0.1) is 0 Å². The maximum absolute atomic E-state index is 4.30. The van der Waals surface area contributed by atoms with Crippen LogP contribution >= 0.6 is 0 Å². The fourth-order valence-corrected chi connectivity index (χ4v) is 1.09. The lowest BCUT2D eigenvalue weighted by Crippen LogP contribution is -2.06. The minimum Gasteiger partial charge on any atom is -0.370 e. The highest BCUT2D eigenvalue weighted by Crippen LogP contribution is 2.05. The molecule has 0 aliphatic rings. The standard InChI is InChI=1S/C10H18N4/c1-3-5-7-12-9-6-8-13-10(14-9)11-4-2/h6,8H,3-5,7H2,1-2H3,(H2,11,12,13,14). The second kappa shape index (κ2) is 6.18. The fourth-order valence-electron chi connectivity index (χ4n) is 1.09. The van der Waals surface area contributed by atoms with Crippen molar-refractivity contribution < 1.29 is 0 Å². The minimum atomic E-state index is 0.689. The fraction of sp³-hybridized carbons (Fsp3) is 0.600. The van der Waals surface area contributed by atoms with E-state index in [0.29, 0.717) is 5.95 Å². The molecule has 1 rings (SSSR count). The average Bonchev–Trinajstić information content (AvgIpc) is 2.19. The van der Waals surface area contributed by atoms with Crippen molar-refractivity contribution in [3.63, 3.8) is 0 Å². The third-order valence-corrected chi connectivity index (χ3v) is 1.83. The molecule has 14 heavy (non-hydrogen) atoms. The van der Waals surface area contributed by atoms with Gasteiger partial charge in [0.15, 0.2) is 0 Å². The Balaban J connectivity index is 2.46. The third kappa shape index (κ3) is 3.60. The van der Waals surface area contributed by atoms with Crippen LogP contribution in [0.1, 0.15) is 26.7 Å². The highest BCUT2D eigenvalue weighted by atomic mass is 15.1. The first-order chi connectivity index (χ1) is 6.86. The lowest BCUT2D eigenvalue weighted by molar-refractivity contribution is 0.830. The molecule has 2 N–H and O–H groups in total. The van der Waals surface area contributed by atoms with Gasteiger partial charge >= 0.3 is 0 Å². The number of unbranched alkanes of at least 4 members (excludes halogenated alkanes) is 1. The molecule has 0 aromatic carbocycles. The van der Waals surface area contributed by atoms with Crippen molar-refractivity contribution in [2.24, 2.45) is 0 Å². The molecule has 78 valence electrons. The Bertz CT molecular complexity index is 262. The molecular formula is C10H18N4. The molecule has 0 spiro atoms. The van der Waals surface area contributed by atoms with Gasteiger partial charge in [-0.3, -0.25) is 0 Å². The Kier molecular flexibility index (Phi) is 4.75. The zero-order valence-electron chi connectivity index (χ0n) is 8.88. The van der Waals surface area contributed by atoms with Gasteiger partial charge < -0.3 is 10.6 Å². The molecular weight excluding hydrogens is 176 g/mol. The highest BCUT2D eigenvalue weighted by molar-refractivity contribution is 5.39. The smallest absolute Gasteiger partial charge is 0.224 e. The van der Waals surface area contributed by atoms with Crippen LogP contribution in [0.15, 0.2) is 12.3 Å². The lowest BCUT2D eigenvalue weighted by atomic mass is 10.3. The van der Waals surface area contributed by atoms with Crippen molar-refractivity contribution in [1.82, 2.24) is 9.97 Å². The molecule has 1 aromatic heterocycles. The summed E-state index contributed by atoms with van der Waals surface area (Å²) in [6.07, 6.45) is 4.12. The number of anilines is 2. The van der Waals surface area contributed by atoms with Gasteiger partial charge in [0.2, 0.25) is 5.95 Å². The molecule has 1 aromatic rings. The first kappa shape index (κ1) is 10.8. The average molecular weight is 194 g/mol. The molecule has 0 radical (unpaired) electrons. The maximum atomic E-state index is 4.30. The third-order valence-electron chi connectivity index (χ3n) is 1.83. The Morgan fingerprint density at radius 1 is 1.29 bits per heavy atom. The largest absolute Gasteiger partial charge is 0.370 e. The van der Waals surface area contributed by atoms with Crippen molar-refractivity contribution in [3.8, 4) is 0 Å². The predicted octanol–water partition coefficient (Wildman–Crippen LogP) is 2.12. The van der Waals surface area contributed by atoms with Crippen molar-refractivity contribution >= 4 is 11.8 Å². The van der Waals surface area contributed by atoms with Crippen molar-refractivity contribution in [2.75, 3.05) is 23.7 Å². The second-order valence-corrected chi connectivity index (χ2v) is 3.08. The topological polar surface area (TPSA) is 49.8 Å². The molecule has 4 nitrogen and oxygen atoms in total. The van der Waals surface area contributed by atoms with E-state index in [-0.39, 0.29) is 0 Å². The van der Waals surface area contributed by atoms with Gasteiger partial charge in [-0.15, -0.1) is 0 Å². The Labute approximate surface area is 85.2 Å². The summed E-state index contributed by atoms with van der Waals surface area (Å²) in [5.74, 6) is 1.58. The van der Waals surface area contributed by atoms with Crippen LogP contribution in [-0.4, -0.2) is 23.1 Å². The van der Waals surface area contributed by atoms with E-state index in [0.717, 1.165) is 18.9 Å². The molecule has 1 heterocycles. The van der Waals surface area contributed by atoms with E-state index in [2.05, 4.69) is 27.5 Å². The summed E-state index contributed by atoms with van der Waals surface area (Å²) in [5.41, 5.74) is 0. The molecule has 0 saturated carbocycles. The number of hydrogen-bond donors (Lipinski definition) is 2. The van der Waals surface area contributed by atoms with Crippen molar-refractivity contribution in [3.05, 3.63) is 12.3 Å². The zero-order valence-corrected chi connectivity index (χ0v) is 8.88. The predicted molar refractivity (Wildman–Crippen MR) is 59.6 cm³/mol. The van der Waals surface area contributed by atoms with Crippen LogP contribution in [0.2, 0.25) is 0 Å². The van der Waals surface area contributed by atoms with Gasteiger partial charge in [-0.25, -0.2) is 4.98 Å². The van der Waals surface area contributed by atoms with Gasteiger partial charge in [-0.2, -0.15) is 4.98 Å². The van der Waals surface area contributed by atoms with E-state index < -0.39 is 0 Å². The monoisotopic (exact) mass is 194 g/mol. The first-order valence-corrected chi connectivity index (χ1v) is 5.17. The number of nitrogens with zero attached hydrogens (tertiary/aromatic N) is 2. The van der Waals surface area contributed by atoms with Crippen molar-refractivity contribution in [1.29, 1.82) is 0 Å². The van der Waals surface area contributed by atoms with Gasteiger partial charge in [0.25, 0.3) is 0 Å². The number of hydrogen-bond acceptors (Lipinski definition) is 4. The molecule has 0 aliphatic heterocycles. The molecule has 0 amide bonds. The first-order valence-electron chi connectivity index (χ1n) is 5.17. The summed E-state index contributed by atoms with van der Waals surface area (Å²) >= 11 is 0. The van der Waals surface area contributed by atoms with Gasteiger partial charge in [-0.05, 0) is 19.4 Å². The van der Waals surface area contributed by atoms with E-state index in [1.54, 1.807) is 6.20 Å². The van der Waals surface area contributed by atoms with Crippen LogP contribution in [-0.2, 0) is 0 Å². The van der Waals surface area contributed by atoms with Crippen LogP contribution in [0.4, 0.5) is 11.8 Å². The van der Waals surface area contributed by atoms with E-state index >= 15 is 0 Å². The molecule has 0 aliphatic carbocycles. The molecule has 0 unspecified atom stereocenters. The quantitative estimate of drug-likeness (QED) is 0.681. The van der Waals surface area contributed by atoms with Gasteiger partial charge in [-0.1, -0.05) is 13.3 Å². The Morgan fingerprint density at radius 2 is 2.14 bits per heavy atom. The summed E-state index contributed by atoms with van der Waals surface area (Å²) in [4.78, 5) is 8.40. The van der Waals surface area contributed by atoms with Gasteiger partial charge in [0.05, 0.1) is 0 Å². The van der Waals surface area contributed by atoms with E-state index in [1.807, 2.05) is 13.0 Å². The summed E-state index contributed by atoms with van der Waals surface area (Å²) in [7, 11) is 0. The van der Waals surface area contributed by atoms with Crippen molar-refractivity contribution in [2.45, 2.75) is 26.7 Å². The number of aromatic nitrogens is 2. The van der Waals surface area contributed by atoms with Gasteiger partial charge in [0, 0.05) is 19.3 Å². The SMILES string of the molecule is CCCCNc1ccnc(NCC)n1.